The monoisotopic (exact) mass is 496 g/mol. The van der Waals surface area contributed by atoms with Crippen LogP contribution in [0.5, 0.6) is 0 Å². The van der Waals surface area contributed by atoms with E-state index in [0.717, 1.165) is 11.1 Å². The maximum Gasteiger partial charge on any atom is 0.266 e. The van der Waals surface area contributed by atoms with Gasteiger partial charge in [0.1, 0.15) is 10.7 Å². The van der Waals surface area contributed by atoms with E-state index < -0.39 is 10.0 Å². The summed E-state index contributed by atoms with van der Waals surface area (Å²) in [6, 6.07) is 17.3. The third-order valence-electron chi connectivity index (χ3n) is 4.68. The minimum Gasteiger partial charge on any atom is -0.299 e. The third kappa shape index (κ3) is 5.81. The van der Waals surface area contributed by atoms with Crippen molar-refractivity contribution < 1.29 is 13.2 Å². The van der Waals surface area contributed by atoms with Crippen molar-refractivity contribution in [1.82, 2.24) is 4.98 Å². The smallest absolute Gasteiger partial charge is 0.266 e. The summed E-state index contributed by atoms with van der Waals surface area (Å²) in [5, 5.41) is 0. The molecule has 31 heavy (non-hydrogen) atoms. The Morgan fingerprint density at radius 2 is 1.77 bits per heavy atom. The number of sulfonamides is 1. The predicted octanol–water partition coefficient (Wildman–Crippen LogP) is 4.42. The number of anilines is 1. The molecule has 0 atom stereocenters. The van der Waals surface area contributed by atoms with E-state index in [0.29, 0.717) is 23.0 Å². The van der Waals surface area contributed by atoms with Crippen molar-refractivity contribution in [2.24, 2.45) is 0 Å². The van der Waals surface area contributed by atoms with E-state index >= 15 is 0 Å². The Labute approximate surface area is 191 Å². The zero-order valence-electron chi connectivity index (χ0n) is 16.7. The van der Waals surface area contributed by atoms with Crippen LogP contribution in [0, 0.1) is 12.3 Å². The van der Waals surface area contributed by atoms with Crippen LogP contribution in [-0.2, 0) is 27.7 Å². The third-order valence-corrected chi connectivity index (χ3v) is 7.47. The van der Waals surface area contributed by atoms with Crippen LogP contribution < -0.4 is 4.31 Å². The number of pyridine rings is 1. The highest BCUT2D eigenvalue weighted by Crippen LogP contribution is 2.28. The van der Waals surface area contributed by atoms with Crippen LogP contribution in [0.25, 0.3) is 0 Å². The van der Waals surface area contributed by atoms with E-state index in [1.807, 2.05) is 12.1 Å². The molecule has 0 spiro atoms. The topological polar surface area (TPSA) is 67.3 Å². The van der Waals surface area contributed by atoms with Crippen molar-refractivity contribution in [1.29, 1.82) is 0 Å². The van der Waals surface area contributed by atoms with Crippen LogP contribution in [-0.4, -0.2) is 25.7 Å². The number of carbonyl (C=O) groups excluding carboxylic acids is 1. The van der Waals surface area contributed by atoms with Gasteiger partial charge < -0.3 is 0 Å². The second-order valence-corrected chi connectivity index (χ2v) is 9.57. The number of Topliss-reactive ketones (excluding diaryl/α,β-unsaturated/α-hetero) is 1. The Morgan fingerprint density at radius 1 is 1.03 bits per heavy atom. The van der Waals surface area contributed by atoms with Gasteiger partial charge in [0.15, 0.2) is 0 Å². The van der Waals surface area contributed by atoms with Gasteiger partial charge in [0.25, 0.3) is 10.0 Å². The average molecular weight is 497 g/mol. The Morgan fingerprint density at radius 3 is 2.42 bits per heavy atom. The molecule has 0 bridgehead atoms. The number of aromatic nitrogens is 1. The molecule has 158 valence electrons. The fourth-order valence-corrected chi connectivity index (χ4v) is 5.44. The second kappa shape index (κ2) is 10.4. The van der Waals surface area contributed by atoms with E-state index in [1.165, 1.54) is 10.4 Å². The van der Waals surface area contributed by atoms with Crippen molar-refractivity contribution in [2.75, 3.05) is 10.8 Å². The van der Waals surface area contributed by atoms with Crippen LogP contribution >= 0.6 is 15.9 Å². The van der Waals surface area contributed by atoms with Gasteiger partial charge in [-0.1, -0.05) is 36.3 Å². The van der Waals surface area contributed by atoms with Crippen LogP contribution in [0.3, 0.4) is 0 Å². The first kappa shape index (κ1) is 22.7. The minimum absolute atomic E-state index is 0.104. The summed E-state index contributed by atoms with van der Waals surface area (Å²) in [6.07, 6.45) is 10.3. The maximum atomic E-state index is 13.2. The van der Waals surface area contributed by atoms with Crippen molar-refractivity contribution in [3.8, 4) is 12.3 Å². The van der Waals surface area contributed by atoms with Gasteiger partial charge in [-0.15, -0.1) is 6.42 Å². The summed E-state index contributed by atoms with van der Waals surface area (Å²) in [7, 11) is -3.85. The Hall–Kier alpha value is -2.95. The highest BCUT2D eigenvalue weighted by Gasteiger charge is 2.26. The molecule has 1 heterocycles. The van der Waals surface area contributed by atoms with E-state index in [1.54, 1.807) is 54.9 Å². The molecule has 2 aromatic carbocycles. The summed E-state index contributed by atoms with van der Waals surface area (Å²) >= 11 is 3.30. The number of carbonyl (C=O) groups is 1. The molecule has 0 aliphatic rings. The van der Waals surface area contributed by atoms with Crippen molar-refractivity contribution in [2.45, 2.75) is 24.2 Å². The Balaban J connectivity index is 1.73. The Kier molecular flexibility index (Phi) is 7.61. The number of aryl methyl sites for hydroxylation is 1. The summed E-state index contributed by atoms with van der Waals surface area (Å²) in [4.78, 5) is 16.5. The van der Waals surface area contributed by atoms with Gasteiger partial charge in [0.2, 0.25) is 0 Å². The largest absolute Gasteiger partial charge is 0.299 e. The van der Waals surface area contributed by atoms with Crippen LogP contribution in [0.2, 0.25) is 0 Å². The molecule has 0 aliphatic heterocycles. The number of benzene rings is 2. The van der Waals surface area contributed by atoms with Crippen LogP contribution in [0.15, 0.2) is 82.4 Å². The molecule has 7 heteroatoms. The molecule has 5 nitrogen and oxygen atoms in total. The SMILES string of the molecule is C#CCN(c1ccc(CC(=O)CCc2cccnc2)cc1)S(=O)(=O)c1ccccc1Br. The predicted molar refractivity (Wildman–Crippen MR) is 125 cm³/mol. The number of ketones is 1. The van der Waals surface area contributed by atoms with Gasteiger partial charge in [0, 0.05) is 29.7 Å². The van der Waals surface area contributed by atoms with Crippen molar-refractivity contribution >= 4 is 37.4 Å². The average Bonchev–Trinajstić information content (AvgIpc) is 2.77. The fourth-order valence-electron chi connectivity index (χ4n) is 3.10. The summed E-state index contributed by atoms with van der Waals surface area (Å²) in [5.74, 6) is 2.52. The quantitative estimate of drug-likeness (QED) is 0.411. The van der Waals surface area contributed by atoms with Crippen molar-refractivity contribution in [3.63, 3.8) is 0 Å². The molecule has 3 rings (SSSR count). The first-order chi connectivity index (χ1) is 14.9. The number of rotatable bonds is 9. The lowest BCUT2D eigenvalue weighted by molar-refractivity contribution is -0.118. The lowest BCUT2D eigenvalue weighted by Crippen LogP contribution is -2.31. The Bertz CT molecular complexity index is 1190. The number of nitrogens with zero attached hydrogens (tertiary/aromatic N) is 2. The number of hydrogen-bond acceptors (Lipinski definition) is 4. The lowest BCUT2D eigenvalue weighted by atomic mass is 10.0. The molecule has 0 N–H and O–H groups in total. The molecule has 0 amide bonds. The van der Waals surface area contributed by atoms with Gasteiger partial charge in [0.05, 0.1) is 12.2 Å². The molecule has 0 radical (unpaired) electrons. The van der Waals surface area contributed by atoms with Crippen molar-refractivity contribution in [3.05, 3.63) is 88.7 Å². The molecule has 0 aliphatic carbocycles. The maximum absolute atomic E-state index is 13.2. The fraction of sp³-hybridized carbons (Fsp3) is 0.167. The molecule has 1 aromatic heterocycles. The molecule has 0 saturated heterocycles. The molecular weight excluding hydrogens is 476 g/mol. The first-order valence-corrected chi connectivity index (χ1v) is 11.9. The van der Waals surface area contributed by atoms with Crippen LogP contribution in [0.1, 0.15) is 17.5 Å². The first-order valence-electron chi connectivity index (χ1n) is 9.62. The zero-order chi connectivity index (χ0) is 22.3. The minimum atomic E-state index is -3.85. The molecule has 0 unspecified atom stereocenters. The van der Waals surface area contributed by atoms with Crippen LogP contribution in [0.4, 0.5) is 5.69 Å². The van der Waals surface area contributed by atoms with E-state index in [2.05, 4.69) is 26.8 Å². The van der Waals surface area contributed by atoms with Gasteiger partial charge in [-0.05, 0) is 63.8 Å². The van der Waals surface area contributed by atoms with Gasteiger partial charge >= 0.3 is 0 Å². The van der Waals surface area contributed by atoms with E-state index in [9.17, 15) is 13.2 Å². The number of halogens is 1. The lowest BCUT2D eigenvalue weighted by Gasteiger charge is -2.23. The normalized spacial score (nSPS) is 11.0. The highest BCUT2D eigenvalue weighted by atomic mass is 79.9. The number of hydrogen-bond donors (Lipinski definition) is 0. The molecular formula is C24H21BrN2O3S. The van der Waals surface area contributed by atoms with E-state index in [-0.39, 0.29) is 23.6 Å². The molecule has 3 aromatic rings. The molecule has 0 saturated carbocycles. The highest BCUT2D eigenvalue weighted by molar-refractivity contribution is 9.10. The standard InChI is InChI=1S/C24H21BrN2O3S/c1-2-16-27(31(29,30)24-8-4-3-7-23(24)25)21-12-9-19(10-13-21)17-22(28)14-11-20-6-5-15-26-18-20/h1,3-10,12-13,15,18H,11,14,16-17H2. The van der Waals surface area contributed by atoms with Gasteiger partial charge in [-0.25, -0.2) is 8.42 Å². The molecule has 0 fully saturated rings. The summed E-state index contributed by atoms with van der Waals surface area (Å²) < 4.78 is 28.0. The van der Waals surface area contributed by atoms with Gasteiger partial charge in [-0.2, -0.15) is 0 Å². The number of terminal acetylenes is 1. The summed E-state index contributed by atoms with van der Waals surface area (Å²) in [6.45, 7) is -0.104. The van der Waals surface area contributed by atoms with Gasteiger partial charge in [-0.3, -0.25) is 14.1 Å². The zero-order valence-corrected chi connectivity index (χ0v) is 19.1. The van der Waals surface area contributed by atoms with E-state index in [4.69, 9.17) is 6.42 Å². The summed E-state index contributed by atoms with van der Waals surface area (Å²) in [5.41, 5.74) is 2.28. The second-order valence-electron chi connectivity index (χ2n) is 6.89.